The molecule has 1 fully saturated rings. The lowest BCUT2D eigenvalue weighted by Gasteiger charge is -1.85. The molecule has 1 saturated carbocycles. The monoisotopic (exact) mass is 173 g/mol. The molecule has 1 aliphatic carbocycles. The van der Waals surface area contributed by atoms with Crippen LogP contribution in [0.15, 0.2) is 0 Å². The summed E-state index contributed by atoms with van der Waals surface area (Å²) in [6, 6.07) is 0. The maximum Gasteiger partial charge on any atom is -0.0195 e. The highest BCUT2D eigenvalue weighted by Crippen LogP contribution is 2.15. The molecule has 0 aromatic heterocycles. The predicted molar refractivity (Wildman–Crippen MR) is 58.4 cm³/mol. The Bertz CT molecular complexity index is 33.3. The van der Waals surface area contributed by atoms with E-state index in [1.807, 2.05) is 0 Å². The second-order valence-electron chi connectivity index (χ2n) is 3.18. The Morgan fingerprint density at radius 2 is 0.750 bits per heavy atom. The van der Waals surface area contributed by atoms with Gasteiger partial charge in [0, 0.05) is 0 Å². The van der Waals surface area contributed by atoms with Gasteiger partial charge in [-0.2, -0.15) is 0 Å². The maximum absolute atomic E-state index is 4.50. The molecule has 1 heteroatoms. The van der Waals surface area contributed by atoms with E-state index >= 15 is 0 Å². The van der Waals surface area contributed by atoms with E-state index in [0.29, 0.717) is 0 Å². The van der Waals surface area contributed by atoms with Gasteiger partial charge in [-0.25, -0.2) is 0 Å². The van der Waals surface area contributed by atoms with Crippen molar-refractivity contribution in [2.45, 2.75) is 65.2 Å². The van der Waals surface area contributed by atoms with E-state index in [1.165, 1.54) is 58.4 Å². The summed E-state index contributed by atoms with van der Waals surface area (Å²) in [5.74, 6) is 0. The Labute approximate surface area is 78.7 Å². The highest BCUT2D eigenvalue weighted by Gasteiger charge is 1.95. The Balaban J connectivity index is 0. The van der Waals surface area contributed by atoms with Gasteiger partial charge in [-0.1, -0.05) is 65.2 Å². The fourth-order valence-corrected chi connectivity index (χ4v) is 1.24. The van der Waals surface area contributed by atoms with E-state index in [0.717, 1.165) is 0 Å². The van der Waals surface area contributed by atoms with Crippen molar-refractivity contribution in [2.24, 2.45) is 5.73 Å². The summed E-state index contributed by atoms with van der Waals surface area (Å²) in [6.07, 6.45) is 11.8. The third-order valence-electron chi connectivity index (χ3n) is 1.75. The summed E-state index contributed by atoms with van der Waals surface area (Å²) in [7, 11) is 1.50. The van der Waals surface area contributed by atoms with Gasteiger partial charge in [0.2, 0.25) is 0 Å². The van der Waals surface area contributed by atoms with Gasteiger partial charge >= 0.3 is 0 Å². The lowest BCUT2D eigenvalue weighted by Crippen LogP contribution is -1.69. The van der Waals surface area contributed by atoms with Crippen LogP contribution in [0.25, 0.3) is 0 Å². The molecular formula is C11H27N. The highest BCUT2D eigenvalue weighted by atomic mass is 14.4. The molecular weight excluding hydrogens is 146 g/mol. The van der Waals surface area contributed by atoms with E-state index in [2.05, 4.69) is 19.6 Å². The van der Waals surface area contributed by atoms with Crippen LogP contribution < -0.4 is 5.73 Å². The number of hydrogen-bond donors (Lipinski definition) is 1. The molecule has 1 rings (SSSR count). The second-order valence-corrected chi connectivity index (χ2v) is 3.18. The number of hydrogen-bond acceptors (Lipinski definition) is 1. The van der Waals surface area contributed by atoms with Gasteiger partial charge < -0.3 is 5.73 Å². The van der Waals surface area contributed by atoms with E-state index in [-0.39, 0.29) is 0 Å². The second kappa shape index (κ2) is 17.2. The summed E-state index contributed by atoms with van der Waals surface area (Å²) < 4.78 is 0. The Hall–Kier alpha value is -0.0400. The molecule has 0 aromatic rings. The van der Waals surface area contributed by atoms with Crippen LogP contribution in [-0.2, 0) is 0 Å². The molecule has 0 unspecified atom stereocenters. The molecule has 0 heterocycles. The minimum atomic E-state index is 1.25. The first-order valence-electron chi connectivity index (χ1n) is 5.49. The van der Waals surface area contributed by atoms with Gasteiger partial charge in [0.15, 0.2) is 0 Å². The van der Waals surface area contributed by atoms with Gasteiger partial charge in [0.05, 0.1) is 0 Å². The summed E-state index contributed by atoms with van der Waals surface area (Å²) in [5.41, 5.74) is 4.50. The molecule has 12 heavy (non-hydrogen) atoms. The van der Waals surface area contributed by atoms with Crippen LogP contribution in [0.4, 0.5) is 0 Å². The van der Waals surface area contributed by atoms with Crippen molar-refractivity contribution >= 4 is 0 Å². The lowest BCUT2D eigenvalue weighted by molar-refractivity contribution is 0.702. The molecule has 2 N–H and O–H groups in total. The SMILES string of the molecule is C1CCCCCC1.CCC.CN. The predicted octanol–water partition coefficient (Wildman–Crippen LogP) is 3.72. The summed E-state index contributed by atoms with van der Waals surface area (Å²) in [5, 5.41) is 0. The van der Waals surface area contributed by atoms with E-state index in [9.17, 15) is 0 Å². The highest BCUT2D eigenvalue weighted by molar-refractivity contribution is 4.51. The van der Waals surface area contributed by atoms with Gasteiger partial charge in [-0.05, 0) is 7.05 Å². The zero-order valence-corrected chi connectivity index (χ0v) is 9.23. The third kappa shape index (κ3) is 16.5. The molecule has 0 spiro atoms. The first-order chi connectivity index (χ1) is 5.91. The minimum Gasteiger partial charge on any atom is -0.333 e. The normalized spacial score (nSPS) is 16.0. The molecule has 0 amide bonds. The maximum atomic E-state index is 4.50. The van der Waals surface area contributed by atoms with E-state index < -0.39 is 0 Å². The van der Waals surface area contributed by atoms with E-state index in [1.54, 1.807) is 0 Å². The molecule has 0 bridgehead atoms. The quantitative estimate of drug-likeness (QED) is 0.555. The molecule has 1 aliphatic rings. The summed E-state index contributed by atoms with van der Waals surface area (Å²) in [6.45, 7) is 4.25. The van der Waals surface area contributed by atoms with Crippen molar-refractivity contribution in [3.8, 4) is 0 Å². The van der Waals surface area contributed by atoms with Crippen LogP contribution in [0.2, 0.25) is 0 Å². The van der Waals surface area contributed by atoms with Crippen molar-refractivity contribution < 1.29 is 0 Å². The van der Waals surface area contributed by atoms with Gasteiger partial charge in [0.25, 0.3) is 0 Å². The van der Waals surface area contributed by atoms with Crippen molar-refractivity contribution in [3.63, 3.8) is 0 Å². The van der Waals surface area contributed by atoms with Crippen LogP contribution in [0.1, 0.15) is 65.2 Å². The van der Waals surface area contributed by atoms with Crippen LogP contribution in [0, 0.1) is 0 Å². The number of nitrogens with two attached hydrogens (primary N) is 1. The van der Waals surface area contributed by atoms with Gasteiger partial charge in [0.1, 0.15) is 0 Å². The molecule has 0 radical (unpaired) electrons. The Morgan fingerprint density at radius 3 is 0.833 bits per heavy atom. The Morgan fingerprint density at radius 1 is 0.667 bits per heavy atom. The molecule has 0 atom stereocenters. The van der Waals surface area contributed by atoms with E-state index in [4.69, 9.17) is 0 Å². The minimum absolute atomic E-state index is 1.25. The standard InChI is InChI=1S/C7H14.C3H8.CH5N/c1-2-4-6-7-5-3-1;1-3-2;1-2/h1-7H2;3H2,1-2H3;2H2,1H3. The topological polar surface area (TPSA) is 26.0 Å². The zero-order valence-electron chi connectivity index (χ0n) is 9.23. The van der Waals surface area contributed by atoms with Crippen LogP contribution in [-0.4, -0.2) is 7.05 Å². The fraction of sp³-hybridized carbons (Fsp3) is 1.00. The molecule has 0 aromatic carbocycles. The molecule has 0 saturated heterocycles. The Kier molecular flexibility index (Phi) is 20.7. The van der Waals surface area contributed by atoms with Crippen LogP contribution in [0.3, 0.4) is 0 Å². The summed E-state index contributed by atoms with van der Waals surface area (Å²) >= 11 is 0. The van der Waals surface area contributed by atoms with Crippen molar-refractivity contribution in [2.75, 3.05) is 7.05 Å². The van der Waals surface area contributed by atoms with Crippen molar-refractivity contribution in [3.05, 3.63) is 0 Å². The van der Waals surface area contributed by atoms with Crippen molar-refractivity contribution in [1.82, 2.24) is 0 Å². The largest absolute Gasteiger partial charge is 0.333 e. The van der Waals surface area contributed by atoms with Crippen LogP contribution in [0.5, 0.6) is 0 Å². The fourth-order valence-electron chi connectivity index (χ4n) is 1.24. The van der Waals surface area contributed by atoms with Gasteiger partial charge in [-0.15, -0.1) is 0 Å². The van der Waals surface area contributed by atoms with Crippen molar-refractivity contribution in [1.29, 1.82) is 0 Å². The molecule has 1 nitrogen and oxygen atoms in total. The zero-order chi connectivity index (χ0) is 9.66. The first-order valence-corrected chi connectivity index (χ1v) is 5.49. The third-order valence-corrected chi connectivity index (χ3v) is 1.75. The summed E-state index contributed by atoms with van der Waals surface area (Å²) in [4.78, 5) is 0. The smallest absolute Gasteiger partial charge is 0.0195 e. The lowest BCUT2D eigenvalue weighted by atomic mass is 10.2. The number of rotatable bonds is 0. The average molecular weight is 173 g/mol. The molecule has 76 valence electrons. The first kappa shape index (κ1) is 14.5. The average Bonchev–Trinajstić information content (AvgIpc) is 2.40. The van der Waals surface area contributed by atoms with Gasteiger partial charge in [-0.3, -0.25) is 0 Å². The molecule has 0 aliphatic heterocycles. The van der Waals surface area contributed by atoms with Crippen LogP contribution >= 0.6 is 0 Å².